The summed E-state index contributed by atoms with van der Waals surface area (Å²) in [6, 6.07) is 14.5. The number of amides is 2. The number of carbonyl (C=O) groups excluding carboxylic acids is 2. The van der Waals surface area contributed by atoms with Crippen molar-refractivity contribution in [2.45, 2.75) is 0 Å². The number of hydrazone groups is 1. The van der Waals surface area contributed by atoms with Gasteiger partial charge in [-0.25, -0.2) is 5.43 Å². The number of carbonyl (C=O) groups is 2. The van der Waals surface area contributed by atoms with Crippen molar-refractivity contribution in [3.05, 3.63) is 54.1 Å². The third-order valence-corrected chi connectivity index (χ3v) is 4.57. The van der Waals surface area contributed by atoms with E-state index in [1.165, 1.54) is 20.4 Å². The highest BCUT2D eigenvalue weighted by atomic mass is 32.1. The number of anilines is 1. The molecule has 0 aliphatic rings. The standard InChI is InChI=1S/C19H17N5O4S/c1-27-14-8-9-15(28-2)13(10-14)11-20-22-17(26)16(25)21-19-24-23-18(29-19)12-6-4-3-5-7-12/h3-11H,1-2H3,(H,22,26)(H,21,24,25). The minimum atomic E-state index is -0.945. The van der Waals surface area contributed by atoms with Crippen molar-refractivity contribution in [3.8, 4) is 22.1 Å². The van der Waals surface area contributed by atoms with Crippen LogP contribution in [0.15, 0.2) is 53.6 Å². The highest BCUT2D eigenvalue weighted by Crippen LogP contribution is 2.25. The van der Waals surface area contributed by atoms with Gasteiger partial charge in [0.25, 0.3) is 0 Å². The number of hydrogen-bond acceptors (Lipinski definition) is 8. The zero-order chi connectivity index (χ0) is 20.6. The summed E-state index contributed by atoms with van der Waals surface area (Å²) in [5, 5.41) is 14.9. The van der Waals surface area contributed by atoms with E-state index in [-0.39, 0.29) is 5.13 Å². The van der Waals surface area contributed by atoms with Crippen molar-refractivity contribution in [1.82, 2.24) is 15.6 Å². The minimum Gasteiger partial charge on any atom is -0.497 e. The van der Waals surface area contributed by atoms with Crippen molar-refractivity contribution in [2.24, 2.45) is 5.10 Å². The predicted octanol–water partition coefficient (Wildman–Crippen LogP) is 2.31. The van der Waals surface area contributed by atoms with Gasteiger partial charge >= 0.3 is 11.8 Å². The van der Waals surface area contributed by atoms with Crippen LogP contribution in [0.1, 0.15) is 5.56 Å². The van der Waals surface area contributed by atoms with E-state index in [1.807, 2.05) is 30.3 Å². The van der Waals surface area contributed by atoms with Crippen LogP contribution in [0.4, 0.5) is 5.13 Å². The Morgan fingerprint density at radius 2 is 1.83 bits per heavy atom. The molecule has 0 saturated heterocycles. The van der Waals surface area contributed by atoms with E-state index >= 15 is 0 Å². The number of nitrogens with one attached hydrogen (secondary N) is 2. The van der Waals surface area contributed by atoms with E-state index in [9.17, 15) is 9.59 Å². The highest BCUT2D eigenvalue weighted by Gasteiger charge is 2.16. The second-order valence-electron chi connectivity index (χ2n) is 5.54. The molecule has 0 bridgehead atoms. The zero-order valence-electron chi connectivity index (χ0n) is 15.6. The smallest absolute Gasteiger partial charge is 0.329 e. The summed E-state index contributed by atoms with van der Waals surface area (Å²) in [6.07, 6.45) is 1.35. The van der Waals surface area contributed by atoms with Crippen molar-refractivity contribution < 1.29 is 19.1 Å². The van der Waals surface area contributed by atoms with Gasteiger partial charge in [0.2, 0.25) is 5.13 Å². The lowest BCUT2D eigenvalue weighted by Gasteiger charge is -2.06. The van der Waals surface area contributed by atoms with Gasteiger partial charge in [-0.2, -0.15) is 5.10 Å². The summed E-state index contributed by atoms with van der Waals surface area (Å²) in [6.45, 7) is 0. The van der Waals surface area contributed by atoms with Gasteiger partial charge in [-0.3, -0.25) is 14.9 Å². The van der Waals surface area contributed by atoms with Crippen molar-refractivity contribution >= 4 is 34.5 Å². The van der Waals surface area contributed by atoms with Crippen molar-refractivity contribution in [2.75, 3.05) is 19.5 Å². The third kappa shape index (κ3) is 5.14. The lowest BCUT2D eigenvalue weighted by Crippen LogP contribution is -2.32. The maximum absolute atomic E-state index is 12.0. The van der Waals surface area contributed by atoms with Gasteiger partial charge in [0, 0.05) is 11.1 Å². The molecule has 0 radical (unpaired) electrons. The molecule has 1 aromatic heterocycles. The van der Waals surface area contributed by atoms with Crippen LogP contribution in [0.25, 0.3) is 10.6 Å². The number of hydrogen-bond donors (Lipinski definition) is 2. The molecule has 9 nitrogen and oxygen atoms in total. The first-order valence-corrected chi connectivity index (χ1v) is 9.17. The molecule has 10 heteroatoms. The lowest BCUT2D eigenvalue weighted by molar-refractivity contribution is -0.136. The molecule has 0 atom stereocenters. The van der Waals surface area contributed by atoms with E-state index in [2.05, 4.69) is 26.0 Å². The second kappa shape index (κ2) is 9.42. The maximum atomic E-state index is 12.0. The zero-order valence-corrected chi connectivity index (χ0v) is 16.4. The predicted molar refractivity (Wildman–Crippen MR) is 109 cm³/mol. The third-order valence-electron chi connectivity index (χ3n) is 3.68. The van der Waals surface area contributed by atoms with Crippen LogP contribution in [0, 0.1) is 0 Å². The summed E-state index contributed by atoms with van der Waals surface area (Å²) >= 11 is 1.16. The first-order chi connectivity index (χ1) is 14.1. The molecular weight excluding hydrogens is 394 g/mol. The van der Waals surface area contributed by atoms with Crippen LogP contribution in [0.3, 0.4) is 0 Å². The Hall–Kier alpha value is -3.79. The Balaban J connectivity index is 1.60. The molecule has 0 unspecified atom stereocenters. The van der Waals surface area contributed by atoms with Gasteiger partial charge in [-0.05, 0) is 18.2 Å². The minimum absolute atomic E-state index is 0.211. The fraction of sp³-hybridized carbons (Fsp3) is 0.105. The van der Waals surface area contributed by atoms with Gasteiger partial charge in [0.15, 0.2) is 0 Å². The number of benzene rings is 2. The molecule has 0 aliphatic carbocycles. The van der Waals surface area contributed by atoms with E-state index in [0.717, 1.165) is 16.9 Å². The summed E-state index contributed by atoms with van der Waals surface area (Å²) in [7, 11) is 3.04. The average Bonchev–Trinajstić information content (AvgIpc) is 3.22. The average molecular weight is 411 g/mol. The molecule has 1 heterocycles. The van der Waals surface area contributed by atoms with Gasteiger partial charge in [0.1, 0.15) is 16.5 Å². The Labute approximate surface area is 170 Å². The molecular formula is C19H17N5O4S. The Morgan fingerprint density at radius 3 is 2.55 bits per heavy atom. The monoisotopic (exact) mass is 411 g/mol. The number of nitrogens with zero attached hydrogens (tertiary/aromatic N) is 3. The van der Waals surface area contributed by atoms with Gasteiger partial charge < -0.3 is 9.47 Å². The number of methoxy groups -OCH3 is 2. The van der Waals surface area contributed by atoms with E-state index in [0.29, 0.717) is 22.1 Å². The highest BCUT2D eigenvalue weighted by molar-refractivity contribution is 7.18. The van der Waals surface area contributed by atoms with Crippen molar-refractivity contribution in [1.29, 1.82) is 0 Å². The van der Waals surface area contributed by atoms with Crippen LogP contribution >= 0.6 is 11.3 Å². The van der Waals surface area contributed by atoms with E-state index in [4.69, 9.17) is 9.47 Å². The molecule has 148 valence electrons. The summed E-state index contributed by atoms with van der Waals surface area (Å²) in [4.78, 5) is 24.0. The molecule has 3 aromatic rings. The molecule has 0 aliphatic heterocycles. The summed E-state index contributed by atoms with van der Waals surface area (Å²) < 4.78 is 10.4. The van der Waals surface area contributed by atoms with Crippen molar-refractivity contribution in [3.63, 3.8) is 0 Å². The molecule has 29 heavy (non-hydrogen) atoms. The van der Waals surface area contributed by atoms with E-state index < -0.39 is 11.8 Å². The molecule has 0 spiro atoms. The van der Waals surface area contributed by atoms with Gasteiger partial charge in [0.05, 0.1) is 20.4 Å². The maximum Gasteiger partial charge on any atom is 0.329 e. The molecule has 3 rings (SSSR count). The van der Waals surface area contributed by atoms with Crippen LogP contribution in [-0.4, -0.2) is 42.4 Å². The summed E-state index contributed by atoms with van der Waals surface area (Å²) in [5.41, 5.74) is 3.60. The number of ether oxygens (including phenoxy) is 2. The molecule has 2 amide bonds. The normalized spacial score (nSPS) is 10.6. The van der Waals surface area contributed by atoms with Crippen LogP contribution in [0.5, 0.6) is 11.5 Å². The first kappa shape index (κ1) is 20.0. The Kier molecular flexibility index (Phi) is 6.48. The van der Waals surface area contributed by atoms with Gasteiger partial charge in [-0.15, -0.1) is 10.2 Å². The fourth-order valence-electron chi connectivity index (χ4n) is 2.28. The van der Waals surface area contributed by atoms with Crippen LogP contribution < -0.4 is 20.2 Å². The van der Waals surface area contributed by atoms with Crippen LogP contribution in [0.2, 0.25) is 0 Å². The molecule has 2 N–H and O–H groups in total. The number of rotatable bonds is 6. The topological polar surface area (TPSA) is 115 Å². The van der Waals surface area contributed by atoms with Crippen LogP contribution in [-0.2, 0) is 9.59 Å². The Morgan fingerprint density at radius 1 is 1.03 bits per heavy atom. The summed E-state index contributed by atoms with van der Waals surface area (Å²) in [5.74, 6) is -0.715. The first-order valence-electron chi connectivity index (χ1n) is 8.36. The number of aromatic nitrogens is 2. The largest absolute Gasteiger partial charge is 0.497 e. The van der Waals surface area contributed by atoms with Gasteiger partial charge in [-0.1, -0.05) is 41.7 Å². The molecule has 2 aromatic carbocycles. The SMILES string of the molecule is COc1ccc(OC)c(C=NNC(=O)C(=O)Nc2nnc(-c3ccccc3)s2)c1. The Bertz CT molecular complexity index is 1040. The quantitative estimate of drug-likeness (QED) is 0.365. The van der Waals surface area contributed by atoms with E-state index in [1.54, 1.807) is 18.2 Å². The lowest BCUT2D eigenvalue weighted by atomic mass is 10.2. The second-order valence-corrected chi connectivity index (χ2v) is 6.52. The fourth-order valence-corrected chi connectivity index (χ4v) is 3.02. The molecule has 0 fully saturated rings. The molecule has 0 saturated carbocycles.